The summed E-state index contributed by atoms with van der Waals surface area (Å²) in [6.45, 7) is 4.78. The molecule has 0 aromatic heterocycles. The third-order valence-corrected chi connectivity index (χ3v) is 1.03. The summed E-state index contributed by atoms with van der Waals surface area (Å²) in [4.78, 5) is 11.4. The van der Waals surface area contributed by atoms with Crippen LogP contribution in [-0.4, -0.2) is 29.2 Å². The van der Waals surface area contributed by atoms with Crippen LogP contribution in [-0.2, 0) is 19.5 Å². The van der Waals surface area contributed by atoms with E-state index in [2.05, 4.69) is 0 Å². The van der Waals surface area contributed by atoms with Gasteiger partial charge in [-0.2, -0.15) is 0 Å². The Morgan fingerprint density at radius 3 is 1.78 bits per heavy atom. The number of carbonyl (C=O) groups is 1. The molecule has 1 N–H and O–H groups in total. The molecule has 0 heterocycles. The number of carboxylic acid groups (broad SMARTS) is 1. The zero-order chi connectivity index (χ0) is 6.57. The van der Waals surface area contributed by atoms with E-state index in [4.69, 9.17) is 5.11 Å². The predicted molar refractivity (Wildman–Crippen MR) is 30.9 cm³/mol. The van der Waals surface area contributed by atoms with Crippen LogP contribution in [0.1, 0.15) is 13.8 Å². The van der Waals surface area contributed by atoms with Gasteiger partial charge in [-0.1, -0.05) is 0 Å². The van der Waals surface area contributed by atoms with Crippen molar-refractivity contribution in [3.63, 3.8) is 0 Å². The van der Waals surface area contributed by atoms with Crippen LogP contribution in [0.4, 0.5) is 4.79 Å². The summed E-state index contributed by atoms with van der Waals surface area (Å²) in [5.41, 5.74) is 0. The number of nitrogens with zero attached hydrogens (tertiary/aromatic N) is 1. The predicted octanol–water partition coefficient (Wildman–Crippen LogP) is 1.00. The van der Waals surface area contributed by atoms with E-state index in [0.29, 0.717) is 13.1 Å². The van der Waals surface area contributed by atoms with E-state index in [1.165, 1.54) is 4.90 Å². The van der Waals surface area contributed by atoms with Crippen molar-refractivity contribution in [3.05, 3.63) is 0 Å². The van der Waals surface area contributed by atoms with E-state index in [1.54, 1.807) is 0 Å². The number of hydrogen-bond donors (Lipinski definition) is 1. The van der Waals surface area contributed by atoms with E-state index in [1.807, 2.05) is 13.8 Å². The topological polar surface area (TPSA) is 40.5 Å². The molecule has 3 nitrogen and oxygen atoms in total. The van der Waals surface area contributed by atoms with Crippen LogP contribution in [0, 0.1) is 0 Å². The van der Waals surface area contributed by atoms with E-state index in [0.717, 1.165) is 0 Å². The van der Waals surface area contributed by atoms with Crippen molar-refractivity contribution in [1.29, 1.82) is 0 Å². The summed E-state index contributed by atoms with van der Waals surface area (Å²) in [6, 6.07) is 0. The standard InChI is InChI=1S/C5H11NO2.Zn/c1-3-6(4-2)5(7)8;/h3-4H2,1-2H3,(H,7,8);. The van der Waals surface area contributed by atoms with Crippen LogP contribution in [0.2, 0.25) is 0 Å². The second-order valence-corrected chi connectivity index (χ2v) is 1.45. The van der Waals surface area contributed by atoms with E-state index < -0.39 is 6.09 Å². The van der Waals surface area contributed by atoms with Crippen molar-refractivity contribution in [2.75, 3.05) is 13.1 Å². The summed E-state index contributed by atoms with van der Waals surface area (Å²) in [6.07, 6.45) is -0.838. The summed E-state index contributed by atoms with van der Waals surface area (Å²) in [7, 11) is 0. The first-order chi connectivity index (χ1) is 3.72. The van der Waals surface area contributed by atoms with E-state index >= 15 is 0 Å². The van der Waals surface area contributed by atoms with Crippen molar-refractivity contribution < 1.29 is 29.4 Å². The van der Waals surface area contributed by atoms with E-state index in [-0.39, 0.29) is 19.5 Å². The Hall–Kier alpha value is -0.107. The summed E-state index contributed by atoms with van der Waals surface area (Å²) in [5.74, 6) is 0. The van der Waals surface area contributed by atoms with Gasteiger partial charge in [-0.15, -0.1) is 0 Å². The minimum atomic E-state index is -0.838. The van der Waals surface area contributed by atoms with Gasteiger partial charge in [0.25, 0.3) is 0 Å². The Labute approximate surface area is 67.8 Å². The fourth-order valence-electron chi connectivity index (χ4n) is 0.494. The molecule has 4 heteroatoms. The average Bonchev–Trinajstić information content (AvgIpc) is 1.69. The van der Waals surface area contributed by atoms with Gasteiger partial charge in [0, 0.05) is 32.6 Å². The number of amides is 1. The van der Waals surface area contributed by atoms with Crippen LogP contribution in [0.25, 0.3) is 0 Å². The molecule has 0 bridgehead atoms. The van der Waals surface area contributed by atoms with Crippen molar-refractivity contribution >= 4 is 6.09 Å². The molecule has 0 aliphatic rings. The molecule has 9 heavy (non-hydrogen) atoms. The molecular formula is C5H11NO2Zn. The Kier molecular flexibility index (Phi) is 7.80. The fourth-order valence-corrected chi connectivity index (χ4v) is 0.494. The van der Waals surface area contributed by atoms with Gasteiger partial charge in [0.1, 0.15) is 0 Å². The van der Waals surface area contributed by atoms with Crippen LogP contribution < -0.4 is 0 Å². The Balaban J connectivity index is 0. The van der Waals surface area contributed by atoms with Gasteiger partial charge >= 0.3 is 6.09 Å². The normalized spacial score (nSPS) is 7.78. The van der Waals surface area contributed by atoms with Crippen LogP contribution in [0.15, 0.2) is 0 Å². The maximum atomic E-state index is 10.1. The van der Waals surface area contributed by atoms with Gasteiger partial charge in [0.2, 0.25) is 0 Å². The Morgan fingerprint density at radius 1 is 1.44 bits per heavy atom. The Morgan fingerprint density at radius 2 is 1.78 bits per heavy atom. The average molecular weight is 183 g/mol. The summed E-state index contributed by atoms with van der Waals surface area (Å²) in [5, 5.41) is 8.30. The molecule has 0 spiro atoms. The zero-order valence-electron chi connectivity index (χ0n) is 5.92. The van der Waals surface area contributed by atoms with Crippen LogP contribution in [0.5, 0.6) is 0 Å². The number of hydrogen-bond acceptors (Lipinski definition) is 1. The SMILES string of the molecule is CCN(CC)C(=O)O.[Zn]. The first kappa shape index (κ1) is 11.7. The van der Waals surface area contributed by atoms with Gasteiger partial charge in [-0.25, -0.2) is 4.79 Å². The fraction of sp³-hybridized carbons (Fsp3) is 0.800. The molecule has 50 valence electrons. The maximum Gasteiger partial charge on any atom is 0.407 e. The molecule has 1 amide bonds. The number of rotatable bonds is 2. The molecule has 0 unspecified atom stereocenters. The molecule has 0 saturated heterocycles. The third kappa shape index (κ3) is 4.40. The van der Waals surface area contributed by atoms with Crippen molar-refractivity contribution in [2.45, 2.75) is 13.8 Å². The summed E-state index contributed by atoms with van der Waals surface area (Å²) >= 11 is 0. The van der Waals surface area contributed by atoms with Crippen LogP contribution >= 0.6 is 0 Å². The molecular weight excluding hydrogens is 171 g/mol. The first-order valence-electron chi connectivity index (χ1n) is 2.70. The molecule has 0 aliphatic heterocycles. The second-order valence-electron chi connectivity index (χ2n) is 1.45. The van der Waals surface area contributed by atoms with Gasteiger partial charge in [0.15, 0.2) is 0 Å². The van der Waals surface area contributed by atoms with E-state index in [9.17, 15) is 4.79 Å². The molecule has 0 aromatic carbocycles. The molecule has 0 atom stereocenters. The van der Waals surface area contributed by atoms with Crippen molar-refractivity contribution in [1.82, 2.24) is 4.90 Å². The molecule has 0 saturated carbocycles. The van der Waals surface area contributed by atoms with Gasteiger partial charge in [0.05, 0.1) is 0 Å². The Bertz CT molecular complexity index is 83.0. The van der Waals surface area contributed by atoms with Crippen LogP contribution in [0.3, 0.4) is 0 Å². The van der Waals surface area contributed by atoms with Gasteiger partial charge < -0.3 is 10.0 Å². The smallest absolute Gasteiger partial charge is 0.407 e. The maximum absolute atomic E-state index is 10.1. The van der Waals surface area contributed by atoms with Crippen molar-refractivity contribution in [3.8, 4) is 0 Å². The quantitative estimate of drug-likeness (QED) is 0.648. The third-order valence-electron chi connectivity index (χ3n) is 1.03. The summed E-state index contributed by atoms with van der Waals surface area (Å²) < 4.78 is 0. The molecule has 0 aliphatic carbocycles. The minimum absolute atomic E-state index is 0. The minimum Gasteiger partial charge on any atom is -0.465 e. The largest absolute Gasteiger partial charge is 0.465 e. The van der Waals surface area contributed by atoms with Gasteiger partial charge in [-0.3, -0.25) is 0 Å². The zero-order valence-corrected chi connectivity index (χ0v) is 8.89. The monoisotopic (exact) mass is 181 g/mol. The molecule has 0 radical (unpaired) electrons. The molecule has 0 fully saturated rings. The van der Waals surface area contributed by atoms with Gasteiger partial charge in [-0.05, 0) is 13.8 Å². The van der Waals surface area contributed by atoms with Crippen molar-refractivity contribution in [2.24, 2.45) is 0 Å². The molecule has 0 rings (SSSR count). The first-order valence-corrected chi connectivity index (χ1v) is 2.70. The molecule has 0 aromatic rings. The second kappa shape index (κ2) is 6.02.